The van der Waals surface area contributed by atoms with Crippen LogP contribution in [0.2, 0.25) is 5.02 Å². The summed E-state index contributed by atoms with van der Waals surface area (Å²) in [7, 11) is 3.03. The Labute approximate surface area is 201 Å². The number of nitrogens with one attached hydrogen (secondary N) is 1. The van der Waals surface area contributed by atoms with Crippen molar-refractivity contribution < 1.29 is 28.5 Å². The van der Waals surface area contributed by atoms with E-state index in [9.17, 15) is 9.59 Å². The quantitative estimate of drug-likeness (QED) is 0.511. The number of rotatable bonds is 8. The smallest absolute Gasteiger partial charge is 0.265 e. The summed E-state index contributed by atoms with van der Waals surface area (Å²) in [6.07, 6.45) is 0. The van der Waals surface area contributed by atoms with Gasteiger partial charge in [0.15, 0.2) is 18.1 Å². The zero-order chi connectivity index (χ0) is 24.1. The van der Waals surface area contributed by atoms with Gasteiger partial charge in [-0.05, 0) is 60.7 Å². The van der Waals surface area contributed by atoms with Gasteiger partial charge in [-0.2, -0.15) is 0 Å². The normalized spacial score (nSPS) is 12.4. The highest BCUT2D eigenvalue weighted by molar-refractivity contribution is 6.30. The molecule has 1 aliphatic heterocycles. The third kappa shape index (κ3) is 5.18. The first kappa shape index (κ1) is 23.3. The Bertz CT molecular complexity index is 1200. The van der Waals surface area contributed by atoms with E-state index in [0.717, 1.165) is 0 Å². The number of anilines is 2. The van der Waals surface area contributed by atoms with Crippen LogP contribution in [0.1, 0.15) is 10.4 Å². The van der Waals surface area contributed by atoms with Crippen molar-refractivity contribution in [1.82, 2.24) is 0 Å². The minimum Gasteiger partial charge on any atom is -0.493 e. The molecule has 0 saturated carbocycles. The summed E-state index contributed by atoms with van der Waals surface area (Å²) in [6, 6.07) is 17.0. The Hall–Kier alpha value is -3.91. The topological polar surface area (TPSA) is 86.3 Å². The van der Waals surface area contributed by atoms with Crippen molar-refractivity contribution in [3.05, 3.63) is 71.2 Å². The molecule has 0 radical (unpaired) electrons. The number of ether oxygens (including phenoxy) is 4. The largest absolute Gasteiger partial charge is 0.493 e. The Balaban J connectivity index is 1.48. The van der Waals surface area contributed by atoms with Crippen molar-refractivity contribution >= 4 is 34.8 Å². The molecule has 3 aromatic rings. The zero-order valence-corrected chi connectivity index (χ0v) is 19.4. The molecule has 0 fully saturated rings. The van der Waals surface area contributed by atoms with Crippen molar-refractivity contribution in [3.8, 4) is 23.0 Å². The van der Waals surface area contributed by atoms with E-state index in [1.54, 1.807) is 65.6 Å². The summed E-state index contributed by atoms with van der Waals surface area (Å²) in [6.45, 7) is 0.519. The van der Waals surface area contributed by atoms with Gasteiger partial charge in [-0.25, -0.2) is 0 Å². The van der Waals surface area contributed by atoms with Crippen molar-refractivity contribution in [2.24, 2.45) is 0 Å². The fraction of sp³-hybridized carbons (Fsp3) is 0.200. The van der Waals surface area contributed by atoms with Crippen LogP contribution in [0, 0.1) is 0 Å². The van der Waals surface area contributed by atoms with Crippen molar-refractivity contribution in [3.63, 3.8) is 0 Å². The summed E-state index contributed by atoms with van der Waals surface area (Å²) < 4.78 is 21.8. The van der Waals surface area contributed by atoms with E-state index in [-0.39, 0.29) is 25.0 Å². The molecule has 1 heterocycles. The molecule has 0 bridgehead atoms. The minimum absolute atomic E-state index is 0.0642. The van der Waals surface area contributed by atoms with Crippen molar-refractivity contribution in [2.45, 2.75) is 0 Å². The van der Waals surface area contributed by atoms with Crippen LogP contribution in [0.5, 0.6) is 23.0 Å². The first-order valence-corrected chi connectivity index (χ1v) is 10.8. The second-order valence-corrected chi connectivity index (χ2v) is 7.78. The standard InChI is InChI=1S/C25H23ClN2O6/c1-31-22-9-3-16(13-23(22)32-2)25(30)27-18-6-10-21-20(14-18)28(24(29)15-34-21)11-12-33-19-7-4-17(26)5-8-19/h3-10,13-14H,11-12,15H2,1-2H3,(H,27,30). The monoisotopic (exact) mass is 482 g/mol. The van der Waals surface area contributed by atoms with Gasteiger partial charge in [-0.1, -0.05) is 11.6 Å². The summed E-state index contributed by atoms with van der Waals surface area (Å²) in [5, 5.41) is 3.47. The Morgan fingerprint density at radius 3 is 2.53 bits per heavy atom. The predicted octanol–water partition coefficient (Wildman–Crippen LogP) is 4.41. The molecule has 4 rings (SSSR count). The van der Waals surface area contributed by atoms with E-state index >= 15 is 0 Å². The van der Waals surface area contributed by atoms with Crippen LogP contribution in [0.15, 0.2) is 60.7 Å². The first-order valence-electron chi connectivity index (χ1n) is 10.5. The highest BCUT2D eigenvalue weighted by Gasteiger charge is 2.26. The Morgan fingerprint density at radius 1 is 1.03 bits per heavy atom. The van der Waals surface area contributed by atoms with Gasteiger partial charge in [0, 0.05) is 16.3 Å². The molecule has 34 heavy (non-hydrogen) atoms. The van der Waals surface area contributed by atoms with Gasteiger partial charge in [-0.3, -0.25) is 9.59 Å². The molecular formula is C25H23ClN2O6. The fourth-order valence-electron chi connectivity index (χ4n) is 3.49. The predicted molar refractivity (Wildman–Crippen MR) is 129 cm³/mol. The second-order valence-electron chi connectivity index (χ2n) is 7.34. The van der Waals surface area contributed by atoms with E-state index < -0.39 is 0 Å². The van der Waals surface area contributed by atoms with Crippen molar-refractivity contribution in [1.29, 1.82) is 0 Å². The lowest BCUT2D eigenvalue weighted by molar-refractivity contribution is -0.121. The minimum atomic E-state index is -0.332. The first-order chi connectivity index (χ1) is 16.5. The molecule has 0 aromatic heterocycles. The molecule has 0 aliphatic carbocycles. The molecule has 0 unspecified atom stereocenters. The lowest BCUT2D eigenvalue weighted by Crippen LogP contribution is -2.41. The van der Waals surface area contributed by atoms with Crippen LogP contribution >= 0.6 is 11.6 Å². The van der Waals surface area contributed by atoms with Crippen LogP contribution in [0.4, 0.5) is 11.4 Å². The molecule has 176 valence electrons. The maximum Gasteiger partial charge on any atom is 0.265 e. The summed E-state index contributed by atoms with van der Waals surface area (Å²) in [4.78, 5) is 26.9. The number of nitrogens with zero attached hydrogens (tertiary/aromatic N) is 1. The number of hydrogen-bond donors (Lipinski definition) is 1. The molecule has 0 atom stereocenters. The van der Waals surface area contributed by atoms with Crippen molar-refractivity contribution in [2.75, 3.05) is 44.2 Å². The number of benzene rings is 3. The van der Waals surface area contributed by atoms with Gasteiger partial charge in [0.05, 0.1) is 26.5 Å². The maximum atomic E-state index is 12.8. The van der Waals surface area contributed by atoms with Crippen LogP contribution in [-0.2, 0) is 4.79 Å². The number of carbonyl (C=O) groups excluding carboxylic acids is 2. The van der Waals surface area contributed by atoms with E-state index in [1.165, 1.54) is 14.2 Å². The van der Waals surface area contributed by atoms with Gasteiger partial charge < -0.3 is 29.2 Å². The molecular weight excluding hydrogens is 460 g/mol. The highest BCUT2D eigenvalue weighted by Crippen LogP contribution is 2.35. The number of fused-ring (bicyclic) bond motifs is 1. The van der Waals surface area contributed by atoms with E-state index in [1.807, 2.05) is 0 Å². The maximum absolute atomic E-state index is 12.8. The molecule has 0 spiro atoms. The SMILES string of the molecule is COc1ccc(C(=O)Nc2ccc3c(c2)N(CCOc2ccc(Cl)cc2)C(=O)CO3)cc1OC. The average molecular weight is 483 g/mol. The zero-order valence-electron chi connectivity index (χ0n) is 18.7. The van der Waals surface area contributed by atoms with Gasteiger partial charge >= 0.3 is 0 Å². The number of carbonyl (C=O) groups is 2. The molecule has 9 heteroatoms. The third-order valence-corrected chi connectivity index (χ3v) is 5.45. The highest BCUT2D eigenvalue weighted by atomic mass is 35.5. The number of methoxy groups -OCH3 is 2. The van der Waals surface area contributed by atoms with Gasteiger partial charge in [-0.15, -0.1) is 0 Å². The number of hydrogen-bond acceptors (Lipinski definition) is 6. The Morgan fingerprint density at radius 2 is 1.79 bits per heavy atom. The lowest BCUT2D eigenvalue weighted by atomic mass is 10.1. The molecule has 1 N–H and O–H groups in total. The summed E-state index contributed by atoms with van der Waals surface area (Å²) >= 11 is 5.90. The average Bonchev–Trinajstić information content (AvgIpc) is 2.86. The fourth-order valence-corrected chi connectivity index (χ4v) is 3.62. The van der Waals surface area contributed by atoms with E-state index in [4.69, 9.17) is 30.5 Å². The van der Waals surface area contributed by atoms with Crippen LogP contribution < -0.4 is 29.2 Å². The van der Waals surface area contributed by atoms with E-state index in [2.05, 4.69) is 5.32 Å². The second kappa shape index (κ2) is 10.4. The lowest BCUT2D eigenvalue weighted by Gasteiger charge is -2.29. The summed E-state index contributed by atoms with van der Waals surface area (Å²) in [5.41, 5.74) is 1.47. The third-order valence-electron chi connectivity index (χ3n) is 5.20. The summed E-state index contributed by atoms with van der Waals surface area (Å²) in [5.74, 6) is 1.65. The van der Waals surface area contributed by atoms with Crippen LogP contribution in [-0.4, -0.2) is 45.8 Å². The van der Waals surface area contributed by atoms with Gasteiger partial charge in [0.1, 0.15) is 18.1 Å². The number of amides is 2. The Kier molecular flexibility index (Phi) is 7.08. The molecule has 2 amide bonds. The molecule has 1 aliphatic rings. The van der Waals surface area contributed by atoms with Gasteiger partial charge in [0.25, 0.3) is 11.8 Å². The molecule has 3 aromatic carbocycles. The number of halogens is 1. The molecule has 0 saturated heterocycles. The molecule has 8 nitrogen and oxygen atoms in total. The van der Waals surface area contributed by atoms with Gasteiger partial charge in [0.2, 0.25) is 0 Å². The van der Waals surface area contributed by atoms with E-state index in [0.29, 0.717) is 51.5 Å². The van der Waals surface area contributed by atoms with Crippen LogP contribution in [0.25, 0.3) is 0 Å². The van der Waals surface area contributed by atoms with Crippen LogP contribution in [0.3, 0.4) is 0 Å².